The summed E-state index contributed by atoms with van der Waals surface area (Å²) in [4.78, 5) is 16.4. The van der Waals surface area contributed by atoms with Crippen LogP contribution in [0.1, 0.15) is 24.1 Å². The maximum Gasteiger partial charge on any atom is 0.227 e. The molecule has 1 aromatic heterocycles. The van der Waals surface area contributed by atoms with Gasteiger partial charge in [-0.15, -0.1) is 0 Å². The smallest absolute Gasteiger partial charge is 0.227 e. The van der Waals surface area contributed by atoms with Gasteiger partial charge in [0.15, 0.2) is 0 Å². The Balaban J connectivity index is 1.41. The molecule has 0 atom stereocenters. The number of hydrogen-bond acceptors (Lipinski definition) is 5. The minimum atomic E-state index is -0.114. The number of benzene rings is 1. The molecule has 0 aliphatic carbocycles. The molecule has 1 aromatic carbocycles. The molecule has 138 valence electrons. The molecule has 0 bridgehead atoms. The van der Waals surface area contributed by atoms with Crippen molar-refractivity contribution in [2.45, 2.75) is 26.3 Å². The Bertz CT molecular complexity index is 752. The molecule has 2 aliphatic heterocycles. The SMILES string of the molecule is Cc1cc(N2CCN(Cc3ccccc3F)CC2)nc(N2CCCC2)n1. The lowest BCUT2D eigenvalue weighted by molar-refractivity contribution is 0.246. The van der Waals surface area contributed by atoms with E-state index in [2.05, 4.69) is 25.8 Å². The normalized spacial score (nSPS) is 18.5. The van der Waals surface area contributed by atoms with Crippen molar-refractivity contribution in [2.24, 2.45) is 0 Å². The van der Waals surface area contributed by atoms with Crippen LogP contribution in [-0.4, -0.2) is 54.1 Å². The maximum absolute atomic E-state index is 13.9. The first-order valence-electron chi connectivity index (χ1n) is 9.50. The van der Waals surface area contributed by atoms with Gasteiger partial charge in [0.25, 0.3) is 0 Å². The summed E-state index contributed by atoms with van der Waals surface area (Å²) in [6.45, 7) is 8.46. The van der Waals surface area contributed by atoms with Crippen molar-refractivity contribution in [3.05, 3.63) is 47.4 Å². The van der Waals surface area contributed by atoms with E-state index in [9.17, 15) is 4.39 Å². The number of aryl methyl sites for hydroxylation is 1. The summed E-state index contributed by atoms with van der Waals surface area (Å²) in [7, 11) is 0. The van der Waals surface area contributed by atoms with Crippen molar-refractivity contribution >= 4 is 11.8 Å². The van der Waals surface area contributed by atoms with Gasteiger partial charge in [0.2, 0.25) is 5.95 Å². The van der Waals surface area contributed by atoms with Crippen LogP contribution in [0.25, 0.3) is 0 Å². The van der Waals surface area contributed by atoms with Gasteiger partial charge >= 0.3 is 0 Å². The molecule has 2 aromatic rings. The minimum Gasteiger partial charge on any atom is -0.354 e. The molecular weight excluding hydrogens is 329 g/mol. The predicted molar refractivity (Wildman–Crippen MR) is 102 cm³/mol. The second-order valence-electron chi connectivity index (χ2n) is 7.22. The molecule has 0 spiro atoms. The monoisotopic (exact) mass is 355 g/mol. The van der Waals surface area contributed by atoms with E-state index in [0.29, 0.717) is 6.54 Å². The quantitative estimate of drug-likeness (QED) is 0.843. The molecule has 0 radical (unpaired) electrons. The summed E-state index contributed by atoms with van der Waals surface area (Å²) >= 11 is 0. The van der Waals surface area contributed by atoms with Gasteiger partial charge < -0.3 is 9.80 Å². The van der Waals surface area contributed by atoms with Crippen molar-refractivity contribution in [1.29, 1.82) is 0 Å². The predicted octanol–water partition coefficient (Wildman–Crippen LogP) is 2.85. The molecular formula is C20H26FN5. The molecule has 26 heavy (non-hydrogen) atoms. The number of anilines is 2. The largest absolute Gasteiger partial charge is 0.354 e. The third kappa shape index (κ3) is 3.80. The summed E-state index contributed by atoms with van der Waals surface area (Å²) in [6, 6.07) is 9.13. The topological polar surface area (TPSA) is 35.5 Å². The lowest BCUT2D eigenvalue weighted by Crippen LogP contribution is -2.46. The van der Waals surface area contributed by atoms with Crippen LogP contribution in [0.15, 0.2) is 30.3 Å². The number of rotatable bonds is 4. The zero-order valence-corrected chi connectivity index (χ0v) is 15.4. The van der Waals surface area contributed by atoms with Crippen LogP contribution in [-0.2, 0) is 6.54 Å². The average molecular weight is 355 g/mol. The van der Waals surface area contributed by atoms with Crippen LogP contribution < -0.4 is 9.80 Å². The Morgan fingerprint density at radius 3 is 2.38 bits per heavy atom. The molecule has 0 unspecified atom stereocenters. The van der Waals surface area contributed by atoms with Gasteiger partial charge in [0.1, 0.15) is 11.6 Å². The van der Waals surface area contributed by atoms with Crippen LogP contribution in [0.3, 0.4) is 0 Å². The third-order valence-electron chi connectivity index (χ3n) is 5.27. The highest BCUT2D eigenvalue weighted by Gasteiger charge is 2.21. The highest BCUT2D eigenvalue weighted by molar-refractivity contribution is 5.46. The first-order valence-corrected chi connectivity index (χ1v) is 9.50. The summed E-state index contributed by atoms with van der Waals surface area (Å²) < 4.78 is 13.9. The van der Waals surface area contributed by atoms with Crippen LogP contribution in [0.5, 0.6) is 0 Å². The molecule has 2 aliphatic rings. The first kappa shape index (κ1) is 17.2. The van der Waals surface area contributed by atoms with Crippen molar-refractivity contribution in [3.8, 4) is 0 Å². The number of piperazine rings is 1. The zero-order valence-electron chi connectivity index (χ0n) is 15.4. The average Bonchev–Trinajstić information content (AvgIpc) is 3.19. The highest BCUT2D eigenvalue weighted by atomic mass is 19.1. The van der Waals surface area contributed by atoms with Crippen molar-refractivity contribution in [1.82, 2.24) is 14.9 Å². The fourth-order valence-electron chi connectivity index (χ4n) is 3.76. The maximum atomic E-state index is 13.9. The van der Waals surface area contributed by atoms with E-state index in [1.165, 1.54) is 18.9 Å². The number of aromatic nitrogens is 2. The zero-order chi connectivity index (χ0) is 17.9. The lowest BCUT2D eigenvalue weighted by Gasteiger charge is -2.35. The molecule has 4 rings (SSSR count). The Hall–Kier alpha value is -2.21. The van der Waals surface area contributed by atoms with E-state index in [-0.39, 0.29) is 5.82 Å². The summed E-state index contributed by atoms with van der Waals surface area (Å²) in [5.41, 5.74) is 1.79. The number of halogens is 1. The fraction of sp³-hybridized carbons (Fsp3) is 0.500. The van der Waals surface area contributed by atoms with E-state index in [1.54, 1.807) is 6.07 Å². The highest BCUT2D eigenvalue weighted by Crippen LogP contribution is 2.22. The summed E-state index contributed by atoms with van der Waals surface area (Å²) in [5, 5.41) is 0. The van der Waals surface area contributed by atoms with Gasteiger partial charge in [0, 0.05) is 63.1 Å². The van der Waals surface area contributed by atoms with Gasteiger partial charge in [-0.05, 0) is 25.8 Å². The van der Waals surface area contributed by atoms with Crippen molar-refractivity contribution in [3.63, 3.8) is 0 Å². The third-order valence-corrected chi connectivity index (χ3v) is 5.27. The van der Waals surface area contributed by atoms with Crippen molar-refractivity contribution < 1.29 is 4.39 Å². The summed E-state index contributed by atoms with van der Waals surface area (Å²) in [6.07, 6.45) is 2.45. The van der Waals surface area contributed by atoms with Crippen LogP contribution in [0.2, 0.25) is 0 Å². The number of nitrogens with zero attached hydrogens (tertiary/aromatic N) is 5. The van der Waals surface area contributed by atoms with Gasteiger partial charge in [-0.2, -0.15) is 4.98 Å². The van der Waals surface area contributed by atoms with Crippen LogP contribution >= 0.6 is 0 Å². The van der Waals surface area contributed by atoms with Crippen molar-refractivity contribution in [2.75, 3.05) is 49.1 Å². The van der Waals surface area contributed by atoms with Gasteiger partial charge in [-0.1, -0.05) is 18.2 Å². The van der Waals surface area contributed by atoms with E-state index >= 15 is 0 Å². The molecule has 2 saturated heterocycles. The second kappa shape index (κ2) is 7.58. The lowest BCUT2D eigenvalue weighted by atomic mass is 10.2. The molecule has 2 fully saturated rings. The van der Waals surface area contributed by atoms with Crippen LogP contribution in [0.4, 0.5) is 16.2 Å². The number of hydrogen-bond donors (Lipinski definition) is 0. The Kier molecular flexibility index (Phi) is 5.02. The second-order valence-corrected chi connectivity index (χ2v) is 7.22. The van der Waals surface area contributed by atoms with E-state index in [4.69, 9.17) is 4.98 Å². The molecule has 3 heterocycles. The first-order chi connectivity index (χ1) is 12.7. The van der Waals surface area contributed by atoms with Crippen LogP contribution in [0, 0.1) is 12.7 Å². The van der Waals surface area contributed by atoms with Gasteiger partial charge in [-0.25, -0.2) is 9.37 Å². The molecule has 5 nitrogen and oxygen atoms in total. The molecule has 0 saturated carbocycles. The Morgan fingerprint density at radius 2 is 1.65 bits per heavy atom. The van der Waals surface area contributed by atoms with Gasteiger partial charge in [0.05, 0.1) is 0 Å². The van der Waals surface area contributed by atoms with E-state index < -0.39 is 0 Å². The molecule has 6 heteroatoms. The Labute approximate surface area is 154 Å². The van der Waals surface area contributed by atoms with E-state index in [1.807, 2.05) is 19.1 Å². The minimum absolute atomic E-state index is 0.114. The summed E-state index contributed by atoms with van der Waals surface area (Å²) in [5.74, 6) is 1.77. The van der Waals surface area contributed by atoms with E-state index in [0.717, 1.165) is 62.3 Å². The molecule has 0 amide bonds. The standard InChI is InChI=1S/C20H26FN5/c1-16-14-19(23-20(22-16)26-8-4-5-9-26)25-12-10-24(11-13-25)15-17-6-2-3-7-18(17)21/h2-3,6-7,14H,4-5,8-13,15H2,1H3. The Morgan fingerprint density at radius 1 is 0.923 bits per heavy atom. The molecule has 0 N–H and O–H groups in total. The van der Waals surface area contributed by atoms with Gasteiger partial charge in [-0.3, -0.25) is 4.90 Å². The fourth-order valence-corrected chi connectivity index (χ4v) is 3.76.